The number of rotatable bonds is 14. The van der Waals surface area contributed by atoms with E-state index >= 15 is 0 Å². The van der Waals surface area contributed by atoms with Gasteiger partial charge in [-0.05, 0) is 49.6 Å². The van der Waals surface area contributed by atoms with E-state index < -0.39 is 33.4 Å². The Balaban J connectivity index is 2.03. The van der Waals surface area contributed by atoms with Gasteiger partial charge < -0.3 is 10.2 Å². The summed E-state index contributed by atoms with van der Waals surface area (Å²) in [4.78, 5) is 39.2. The lowest BCUT2D eigenvalue weighted by atomic mass is 10.1. The van der Waals surface area contributed by atoms with Crippen LogP contribution < -0.4 is 9.62 Å². The summed E-state index contributed by atoms with van der Waals surface area (Å²) in [5.41, 5.74) is 1.70. The van der Waals surface area contributed by atoms with Crippen LogP contribution in [0, 0.1) is 17.0 Å². The molecule has 11 heteroatoms. The zero-order valence-electron chi connectivity index (χ0n) is 23.5. The third-order valence-electron chi connectivity index (χ3n) is 6.65. The van der Waals surface area contributed by atoms with Gasteiger partial charge in [-0.3, -0.25) is 24.0 Å². The molecule has 0 spiro atoms. The number of hydrogen-bond acceptors (Lipinski definition) is 6. The molecule has 0 aliphatic carbocycles. The first-order valence-corrected chi connectivity index (χ1v) is 15.0. The van der Waals surface area contributed by atoms with Crippen molar-refractivity contribution in [3.63, 3.8) is 0 Å². The van der Waals surface area contributed by atoms with Gasteiger partial charge in [0.2, 0.25) is 11.8 Å². The van der Waals surface area contributed by atoms with Gasteiger partial charge in [0.25, 0.3) is 15.7 Å². The average molecular weight is 581 g/mol. The lowest BCUT2D eigenvalue weighted by Gasteiger charge is -2.33. The highest BCUT2D eigenvalue weighted by atomic mass is 32.2. The van der Waals surface area contributed by atoms with Gasteiger partial charge in [0.1, 0.15) is 12.6 Å². The second kappa shape index (κ2) is 14.4. The van der Waals surface area contributed by atoms with Crippen LogP contribution in [0.25, 0.3) is 0 Å². The second-order valence-corrected chi connectivity index (χ2v) is 11.5. The highest BCUT2D eigenvalue weighted by molar-refractivity contribution is 7.92. The third kappa shape index (κ3) is 8.14. The molecule has 0 radical (unpaired) electrons. The van der Waals surface area contributed by atoms with Gasteiger partial charge in [0.05, 0.1) is 15.5 Å². The summed E-state index contributed by atoms with van der Waals surface area (Å²) >= 11 is 0. The molecule has 10 nitrogen and oxygen atoms in total. The van der Waals surface area contributed by atoms with Crippen LogP contribution in [-0.2, 0) is 26.2 Å². The van der Waals surface area contributed by atoms with Crippen molar-refractivity contribution in [1.29, 1.82) is 0 Å². The number of nitro groups is 1. The maximum Gasteiger partial charge on any atom is 0.269 e. The summed E-state index contributed by atoms with van der Waals surface area (Å²) in [7, 11) is -4.25. The summed E-state index contributed by atoms with van der Waals surface area (Å²) in [6.07, 6.45) is 2.00. The molecule has 2 amide bonds. The van der Waals surface area contributed by atoms with Crippen LogP contribution in [0.2, 0.25) is 0 Å². The number of non-ortho nitro benzene ring substituents is 1. The number of aryl methyl sites for hydroxylation is 1. The van der Waals surface area contributed by atoms with E-state index in [1.165, 1.54) is 41.3 Å². The van der Waals surface area contributed by atoms with Gasteiger partial charge >= 0.3 is 0 Å². The molecule has 41 heavy (non-hydrogen) atoms. The molecule has 1 N–H and O–H groups in total. The Bertz CT molecular complexity index is 1430. The molecule has 0 unspecified atom stereocenters. The van der Waals surface area contributed by atoms with Crippen molar-refractivity contribution in [3.8, 4) is 0 Å². The summed E-state index contributed by atoms with van der Waals surface area (Å²) in [6, 6.07) is 19.3. The molecule has 0 aliphatic heterocycles. The molecule has 0 fully saturated rings. The molecule has 0 aliphatic rings. The molecular weight excluding hydrogens is 544 g/mol. The first-order chi connectivity index (χ1) is 19.6. The number of carbonyl (C=O) groups is 2. The zero-order chi connectivity index (χ0) is 30.0. The average Bonchev–Trinajstić information content (AvgIpc) is 2.97. The number of carbonyl (C=O) groups excluding carboxylic acids is 2. The monoisotopic (exact) mass is 580 g/mol. The van der Waals surface area contributed by atoms with Crippen molar-refractivity contribution in [2.24, 2.45) is 0 Å². The number of amides is 2. The van der Waals surface area contributed by atoms with Gasteiger partial charge in [-0.1, -0.05) is 68.3 Å². The van der Waals surface area contributed by atoms with E-state index in [-0.39, 0.29) is 28.7 Å². The van der Waals surface area contributed by atoms with Crippen molar-refractivity contribution in [2.45, 2.75) is 57.5 Å². The molecular formula is C30H36N4O6S. The van der Waals surface area contributed by atoms with E-state index in [0.717, 1.165) is 28.3 Å². The maximum absolute atomic E-state index is 14.0. The topological polar surface area (TPSA) is 130 Å². The summed E-state index contributed by atoms with van der Waals surface area (Å²) in [6.45, 7) is 5.71. The molecule has 0 heterocycles. The van der Waals surface area contributed by atoms with Gasteiger partial charge in [0, 0.05) is 25.2 Å². The van der Waals surface area contributed by atoms with Crippen molar-refractivity contribution < 1.29 is 22.9 Å². The number of hydrogen-bond donors (Lipinski definition) is 1. The first kappa shape index (κ1) is 31.3. The Labute approximate surface area is 241 Å². The van der Waals surface area contributed by atoms with Gasteiger partial charge in [0.15, 0.2) is 0 Å². The number of nitro benzene ring substituents is 1. The van der Waals surface area contributed by atoms with E-state index in [1.807, 2.05) is 38.1 Å². The zero-order valence-corrected chi connectivity index (χ0v) is 24.3. The van der Waals surface area contributed by atoms with Crippen LogP contribution in [0.3, 0.4) is 0 Å². The Morgan fingerprint density at radius 3 is 2.15 bits per heavy atom. The van der Waals surface area contributed by atoms with Crippen LogP contribution in [0.15, 0.2) is 83.8 Å². The van der Waals surface area contributed by atoms with E-state index in [4.69, 9.17) is 0 Å². The van der Waals surface area contributed by atoms with Crippen LogP contribution in [0.5, 0.6) is 0 Å². The van der Waals surface area contributed by atoms with Crippen LogP contribution in [0.4, 0.5) is 11.4 Å². The maximum atomic E-state index is 14.0. The SMILES string of the molecule is CCCCNC(=O)[C@@H](CC)N(Cc1ccc(C)cc1)C(=O)CN(c1ccc([N+](=O)[O-])cc1)S(=O)(=O)c1ccccc1. The van der Waals surface area contributed by atoms with Crippen molar-refractivity contribution in [2.75, 3.05) is 17.4 Å². The number of nitrogens with zero attached hydrogens (tertiary/aromatic N) is 3. The summed E-state index contributed by atoms with van der Waals surface area (Å²) in [5, 5.41) is 14.1. The van der Waals surface area contributed by atoms with Crippen LogP contribution in [-0.4, -0.2) is 49.2 Å². The minimum absolute atomic E-state index is 0.0411. The molecule has 3 rings (SSSR count). The number of anilines is 1. The standard InChI is InChI=1S/C30H36N4O6S/c1-4-6-20-31-30(36)28(5-2)32(21-24-14-12-23(3)13-15-24)29(35)22-33(25-16-18-26(19-17-25)34(37)38)41(39,40)27-10-8-7-9-11-27/h7-19,28H,4-6,20-22H2,1-3H3,(H,31,36)/t28-/m1/s1. The molecule has 3 aromatic carbocycles. The predicted octanol–water partition coefficient (Wildman–Crippen LogP) is 4.82. The second-order valence-electron chi connectivity index (χ2n) is 9.67. The molecule has 218 valence electrons. The lowest BCUT2D eigenvalue weighted by Crippen LogP contribution is -2.52. The van der Waals surface area contributed by atoms with Gasteiger partial charge in [-0.25, -0.2) is 8.42 Å². The Hall–Kier alpha value is -4.25. The number of nitrogens with one attached hydrogen (secondary N) is 1. The fourth-order valence-electron chi connectivity index (χ4n) is 4.30. The molecule has 0 aromatic heterocycles. The minimum Gasteiger partial charge on any atom is -0.354 e. The smallest absolute Gasteiger partial charge is 0.269 e. The fourth-order valence-corrected chi connectivity index (χ4v) is 5.74. The Morgan fingerprint density at radius 2 is 1.59 bits per heavy atom. The largest absolute Gasteiger partial charge is 0.354 e. The summed E-state index contributed by atoms with van der Waals surface area (Å²) < 4.78 is 28.5. The van der Waals surface area contributed by atoms with E-state index in [1.54, 1.807) is 25.1 Å². The molecule has 3 aromatic rings. The van der Waals surface area contributed by atoms with Gasteiger partial charge in [-0.15, -0.1) is 0 Å². The van der Waals surface area contributed by atoms with Gasteiger partial charge in [-0.2, -0.15) is 0 Å². The minimum atomic E-state index is -4.25. The normalized spacial score (nSPS) is 11.9. The Morgan fingerprint density at radius 1 is 0.951 bits per heavy atom. The quantitative estimate of drug-likeness (QED) is 0.165. The first-order valence-electron chi connectivity index (χ1n) is 13.5. The van der Waals surface area contributed by atoms with Crippen molar-refractivity contribution >= 4 is 33.2 Å². The predicted molar refractivity (Wildman–Crippen MR) is 158 cm³/mol. The van der Waals surface area contributed by atoms with Crippen LogP contribution in [0.1, 0.15) is 44.2 Å². The number of sulfonamides is 1. The number of benzene rings is 3. The molecule has 0 bridgehead atoms. The van der Waals surface area contributed by atoms with Crippen LogP contribution >= 0.6 is 0 Å². The van der Waals surface area contributed by atoms with E-state index in [0.29, 0.717) is 13.0 Å². The molecule has 0 saturated heterocycles. The highest BCUT2D eigenvalue weighted by Crippen LogP contribution is 2.26. The molecule has 0 saturated carbocycles. The van der Waals surface area contributed by atoms with Crippen molar-refractivity contribution in [1.82, 2.24) is 10.2 Å². The van der Waals surface area contributed by atoms with E-state index in [2.05, 4.69) is 5.32 Å². The lowest BCUT2D eigenvalue weighted by molar-refractivity contribution is -0.384. The van der Waals surface area contributed by atoms with Crippen molar-refractivity contribution in [3.05, 3.63) is 100 Å². The third-order valence-corrected chi connectivity index (χ3v) is 8.44. The summed E-state index contributed by atoms with van der Waals surface area (Å²) in [5.74, 6) is -0.893. The van der Waals surface area contributed by atoms with E-state index in [9.17, 15) is 28.1 Å². The molecule has 1 atom stereocenters. The highest BCUT2D eigenvalue weighted by Gasteiger charge is 2.33. The Kier molecular flexibility index (Phi) is 11.0. The fraction of sp³-hybridized carbons (Fsp3) is 0.333. The number of unbranched alkanes of at least 4 members (excludes halogenated alkanes) is 1.